The molecule has 0 aliphatic rings. The van der Waals surface area contributed by atoms with E-state index in [1.165, 1.54) is 6.92 Å². The summed E-state index contributed by atoms with van der Waals surface area (Å²) in [5.74, 6) is 0. The SMILES string of the molecule is CC(N)S(=O)O. The first-order chi connectivity index (χ1) is 2.64. The number of rotatable bonds is 1. The fourth-order valence-corrected chi connectivity index (χ4v) is 0. The van der Waals surface area contributed by atoms with Gasteiger partial charge in [-0.25, -0.2) is 4.21 Å². The molecule has 0 saturated heterocycles. The maximum Gasteiger partial charge on any atom is 0.170 e. The maximum atomic E-state index is 9.69. The van der Waals surface area contributed by atoms with Crippen LogP contribution in [0, 0.1) is 0 Å². The lowest BCUT2D eigenvalue weighted by molar-refractivity contribution is 0.553. The summed E-state index contributed by atoms with van der Waals surface area (Å²) in [7, 11) is 0. The van der Waals surface area contributed by atoms with Gasteiger partial charge in [0.2, 0.25) is 0 Å². The van der Waals surface area contributed by atoms with E-state index in [0.717, 1.165) is 0 Å². The second-order valence-electron chi connectivity index (χ2n) is 0.981. The van der Waals surface area contributed by atoms with Crippen molar-refractivity contribution < 1.29 is 8.76 Å². The highest BCUT2D eigenvalue weighted by Crippen LogP contribution is 1.75. The third-order valence-electron chi connectivity index (χ3n) is 0.318. The smallest absolute Gasteiger partial charge is 0.170 e. The minimum Gasteiger partial charge on any atom is -0.316 e. The van der Waals surface area contributed by atoms with Crippen molar-refractivity contribution in [3.63, 3.8) is 0 Å². The molecule has 0 aromatic heterocycles. The predicted octanol–water partition coefficient (Wildman–Crippen LogP) is -0.487. The second-order valence-corrected chi connectivity index (χ2v) is 2.28. The molecule has 0 heterocycles. The van der Waals surface area contributed by atoms with Crippen LogP contribution in [0.25, 0.3) is 0 Å². The van der Waals surface area contributed by atoms with Crippen molar-refractivity contribution in [2.75, 3.05) is 0 Å². The second kappa shape index (κ2) is 2.28. The van der Waals surface area contributed by atoms with Crippen LogP contribution in [0.1, 0.15) is 6.92 Å². The molecule has 0 amide bonds. The molecule has 0 aromatic rings. The van der Waals surface area contributed by atoms with Crippen molar-refractivity contribution in [3.05, 3.63) is 0 Å². The van der Waals surface area contributed by atoms with Crippen LogP contribution in [0.5, 0.6) is 0 Å². The zero-order valence-electron chi connectivity index (χ0n) is 3.42. The summed E-state index contributed by atoms with van der Waals surface area (Å²) in [5.41, 5.74) is 4.89. The minimum atomic E-state index is -1.84. The van der Waals surface area contributed by atoms with Crippen molar-refractivity contribution in [1.29, 1.82) is 0 Å². The van der Waals surface area contributed by atoms with E-state index in [9.17, 15) is 4.21 Å². The molecule has 0 aromatic carbocycles. The third-order valence-corrected chi connectivity index (χ3v) is 0.954. The Morgan fingerprint density at radius 1 is 2.00 bits per heavy atom. The Morgan fingerprint density at radius 3 is 2.17 bits per heavy atom. The zero-order chi connectivity index (χ0) is 5.15. The molecule has 0 bridgehead atoms. The molecule has 0 spiro atoms. The Balaban J connectivity index is 3.26. The standard InChI is InChI=1S/C2H7NO2S/c1-2(3)6(4)5/h2H,3H2,1H3,(H,4,5). The van der Waals surface area contributed by atoms with E-state index in [1.807, 2.05) is 0 Å². The third kappa shape index (κ3) is 2.32. The monoisotopic (exact) mass is 109 g/mol. The summed E-state index contributed by atoms with van der Waals surface area (Å²) in [6.45, 7) is 1.47. The fourth-order valence-electron chi connectivity index (χ4n) is 0. The van der Waals surface area contributed by atoms with Gasteiger partial charge in [-0.05, 0) is 6.92 Å². The van der Waals surface area contributed by atoms with E-state index in [-0.39, 0.29) is 0 Å². The Bertz CT molecular complexity index is 62.6. The molecular formula is C2H7NO2S. The van der Waals surface area contributed by atoms with Crippen LogP contribution in [0.15, 0.2) is 0 Å². The van der Waals surface area contributed by atoms with E-state index >= 15 is 0 Å². The van der Waals surface area contributed by atoms with E-state index in [1.54, 1.807) is 0 Å². The lowest BCUT2D eigenvalue weighted by Gasteiger charge is -1.91. The van der Waals surface area contributed by atoms with Crippen LogP contribution in [0.3, 0.4) is 0 Å². The molecule has 2 atom stereocenters. The molecule has 4 heteroatoms. The van der Waals surface area contributed by atoms with Crippen LogP contribution < -0.4 is 5.73 Å². The molecule has 2 unspecified atom stereocenters. The molecule has 0 aliphatic carbocycles. The van der Waals surface area contributed by atoms with Gasteiger partial charge in [0.25, 0.3) is 0 Å². The Kier molecular flexibility index (Phi) is 2.31. The average molecular weight is 109 g/mol. The normalized spacial score (nSPS) is 19.8. The molecule has 3 nitrogen and oxygen atoms in total. The molecular weight excluding hydrogens is 102 g/mol. The topological polar surface area (TPSA) is 63.3 Å². The van der Waals surface area contributed by atoms with Gasteiger partial charge in [-0.3, -0.25) is 0 Å². The highest BCUT2D eigenvalue weighted by atomic mass is 32.2. The summed E-state index contributed by atoms with van der Waals surface area (Å²) < 4.78 is 17.7. The van der Waals surface area contributed by atoms with Gasteiger partial charge in [-0.15, -0.1) is 0 Å². The summed E-state index contributed by atoms with van der Waals surface area (Å²) in [5, 5.41) is -0.620. The van der Waals surface area contributed by atoms with Crippen LogP contribution in [0.2, 0.25) is 0 Å². The molecule has 0 aliphatic heterocycles. The summed E-state index contributed by atoms with van der Waals surface area (Å²) in [6, 6.07) is 0. The van der Waals surface area contributed by atoms with Crippen molar-refractivity contribution in [2.45, 2.75) is 12.3 Å². The van der Waals surface area contributed by atoms with Gasteiger partial charge < -0.3 is 10.3 Å². The zero-order valence-corrected chi connectivity index (χ0v) is 4.23. The lowest BCUT2D eigenvalue weighted by Crippen LogP contribution is -2.20. The number of nitrogens with two attached hydrogens (primary N) is 1. The number of hydrogen-bond donors (Lipinski definition) is 2. The van der Waals surface area contributed by atoms with Gasteiger partial charge in [0.05, 0.1) is 0 Å². The average Bonchev–Trinajstić information content (AvgIpc) is 1.36. The summed E-state index contributed by atoms with van der Waals surface area (Å²) in [6.07, 6.45) is 0. The fraction of sp³-hybridized carbons (Fsp3) is 1.00. The summed E-state index contributed by atoms with van der Waals surface area (Å²) >= 11 is -1.84. The van der Waals surface area contributed by atoms with Crippen LogP contribution in [-0.4, -0.2) is 14.1 Å². The summed E-state index contributed by atoms with van der Waals surface area (Å²) in [4.78, 5) is 0. The van der Waals surface area contributed by atoms with Gasteiger partial charge in [-0.2, -0.15) is 0 Å². The van der Waals surface area contributed by atoms with E-state index < -0.39 is 16.5 Å². The quantitative estimate of drug-likeness (QED) is 0.447. The van der Waals surface area contributed by atoms with E-state index in [0.29, 0.717) is 0 Å². The molecule has 6 heavy (non-hydrogen) atoms. The first-order valence-electron chi connectivity index (χ1n) is 1.50. The Hall–Kier alpha value is 0.0700. The first kappa shape index (κ1) is 6.07. The van der Waals surface area contributed by atoms with Crippen LogP contribution >= 0.6 is 0 Å². The van der Waals surface area contributed by atoms with Crippen molar-refractivity contribution >= 4 is 11.1 Å². The van der Waals surface area contributed by atoms with Crippen LogP contribution in [0.4, 0.5) is 0 Å². The van der Waals surface area contributed by atoms with Crippen molar-refractivity contribution in [1.82, 2.24) is 0 Å². The van der Waals surface area contributed by atoms with Gasteiger partial charge in [0, 0.05) is 0 Å². The van der Waals surface area contributed by atoms with Crippen LogP contribution in [-0.2, 0) is 11.1 Å². The molecule has 0 fully saturated rings. The van der Waals surface area contributed by atoms with Gasteiger partial charge >= 0.3 is 0 Å². The molecule has 0 rings (SSSR count). The predicted molar refractivity (Wildman–Crippen MR) is 24.4 cm³/mol. The van der Waals surface area contributed by atoms with Gasteiger partial charge in [0.1, 0.15) is 5.37 Å². The minimum absolute atomic E-state index is 0.620. The molecule has 38 valence electrons. The van der Waals surface area contributed by atoms with E-state index in [4.69, 9.17) is 10.3 Å². The largest absolute Gasteiger partial charge is 0.316 e. The van der Waals surface area contributed by atoms with Gasteiger partial charge in [0.15, 0.2) is 11.1 Å². The first-order valence-corrected chi connectivity index (χ1v) is 2.67. The Labute approximate surface area is 38.8 Å². The van der Waals surface area contributed by atoms with Crippen molar-refractivity contribution in [3.8, 4) is 0 Å². The molecule has 0 saturated carbocycles. The Morgan fingerprint density at radius 2 is 2.17 bits per heavy atom. The highest BCUT2D eigenvalue weighted by molar-refractivity contribution is 7.79. The highest BCUT2D eigenvalue weighted by Gasteiger charge is 1.95. The van der Waals surface area contributed by atoms with Crippen molar-refractivity contribution in [2.24, 2.45) is 5.73 Å². The maximum absolute atomic E-state index is 9.69. The van der Waals surface area contributed by atoms with Gasteiger partial charge in [-0.1, -0.05) is 0 Å². The number of hydrogen-bond acceptors (Lipinski definition) is 2. The molecule has 0 radical (unpaired) electrons. The lowest BCUT2D eigenvalue weighted by atomic mass is 10.8. The van der Waals surface area contributed by atoms with E-state index in [2.05, 4.69) is 0 Å². The molecule has 3 N–H and O–H groups in total.